The van der Waals surface area contributed by atoms with Crippen LogP contribution in [0.3, 0.4) is 0 Å². The van der Waals surface area contributed by atoms with E-state index in [2.05, 4.69) is 24.0 Å². The highest BCUT2D eigenvalue weighted by Gasteiger charge is 2.34. The summed E-state index contributed by atoms with van der Waals surface area (Å²) in [6.45, 7) is 3.26. The molecule has 2 aromatic heterocycles. The fraction of sp³-hybridized carbons (Fsp3) is 0.478. The van der Waals surface area contributed by atoms with Crippen LogP contribution < -0.4 is 11.2 Å². The van der Waals surface area contributed by atoms with Crippen molar-refractivity contribution in [3.63, 3.8) is 0 Å². The van der Waals surface area contributed by atoms with Crippen LogP contribution in [0, 0.1) is 5.92 Å². The molecule has 31 heavy (non-hydrogen) atoms. The molecule has 1 aromatic carbocycles. The van der Waals surface area contributed by atoms with Crippen molar-refractivity contribution < 1.29 is 4.79 Å². The van der Waals surface area contributed by atoms with Crippen LogP contribution in [0.5, 0.6) is 0 Å². The van der Waals surface area contributed by atoms with Gasteiger partial charge in [0.15, 0.2) is 11.2 Å². The van der Waals surface area contributed by atoms with Crippen molar-refractivity contribution >= 4 is 17.1 Å². The van der Waals surface area contributed by atoms with Gasteiger partial charge in [-0.05, 0) is 37.7 Å². The Morgan fingerprint density at radius 2 is 1.87 bits per heavy atom. The maximum absolute atomic E-state index is 13.1. The van der Waals surface area contributed by atoms with Crippen molar-refractivity contribution in [1.29, 1.82) is 0 Å². The van der Waals surface area contributed by atoms with Gasteiger partial charge in [-0.15, -0.1) is 0 Å². The molecule has 4 rings (SSSR count). The monoisotopic (exact) mass is 423 g/mol. The molecule has 0 N–H and O–H groups in total. The molecule has 3 aromatic rings. The zero-order valence-electron chi connectivity index (χ0n) is 18.3. The van der Waals surface area contributed by atoms with E-state index in [0.717, 1.165) is 10.1 Å². The first-order valence-corrected chi connectivity index (χ1v) is 10.8. The van der Waals surface area contributed by atoms with E-state index >= 15 is 0 Å². The van der Waals surface area contributed by atoms with E-state index in [9.17, 15) is 14.4 Å². The van der Waals surface area contributed by atoms with Gasteiger partial charge in [-0.2, -0.15) is 0 Å². The van der Waals surface area contributed by atoms with Crippen molar-refractivity contribution in [3.05, 3.63) is 63.1 Å². The summed E-state index contributed by atoms with van der Waals surface area (Å²) in [7, 11) is 3.07. The van der Waals surface area contributed by atoms with E-state index in [0.29, 0.717) is 43.0 Å². The molecule has 1 amide bonds. The summed E-state index contributed by atoms with van der Waals surface area (Å²) >= 11 is 0. The van der Waals surface area contributed by atoms with Crippen LogP contribution in [0.25, 0.3) is 11.2 Å². The highest BCUT2D eigenvalue weighted by Crippen LogP contribution is 2.36. The second-order valence-corrected chi connectivity index (χ2v) is 8.50. The van der Waals surface area contributed by atoms with Crippen LogP contribution in [0.2, 0.25) is 0 Å². The first-order valence-electron chi connectivity index (χ1n) is 10.8. The molecule has 8 nitrogen and oxygen atoms in total. The van der Waals surface area contributed by atoms with Crippen LogP contribution in [0.1, 0.15) is 38.2 Å². The number of nitrogens with zero attached hydrogens (tertiary/aromatic N) is 5. The molecule has 1 fully saturated rings. The first kappa shape index (κ1) is 21.1. The molecular formula is C23H29N5O3. The zero-order chi connectivity index (χ0) is 22.1. The Balaban J connectivity index is 1.47. The molecule has 0 spiro atoms. The van der Waals surface area contributed by atoms with Gasteiger partial charge in [0.1, 0.15) is 0 Å². The number of hydrogen-bond acceptors (Lipinski definition) is 4. The Bertz CT molecular complexity index is 1200. The second kappa shape index (κ2) is 8.53. The largest absolute Gasteiger partial charge is 0.335 e. The number of rotatable bonds is 8. The lowest BCUT2D eigenvalue weighted by Gasteiger charge is -2.30. The van der Waals surface area contributed by atoms with Crippen LogP contribution in [0.15, 0.2) is 46.2 Å². The minimum absolute atomic E-state index is 0.132. The average Bonchev–Trinajstić information content (AvgIpc) is 3.54. The Morgan fingerprint density at radius 1 is 1.16 bits per heavy atom. The summed E-state index contributed by atoms with van der Waals surface area (Å²) < 4.78 is 4.21. The number of hydrogen-bond donors (Lipinski definition) is 0. The Kier molecular flexibility index (Phi) is 5.80. The third-order valence-electron chi connectivity index (χ3n) is 6.32. The Labute approximate surface area is 180 Å². The molecule has 2 heterocycles. The van der Waals surface area contributed by atoms with E-state index in [1.165, 1.54) is 24.5 Å². The number of aromatic nitrogens is 4. The van der Waals surface area contributed by atoms with Crippen molar-refractivity contribution in [3.8, 4) is 0 Å². The lowest BCUT2D eigenvalue weighted by atomic mass is 10.1. The van der Waals surface area contributed by atoms with Gasteiger partial charge < -0.3 is 9.47 Å². The van der Waals surface area contributed by atoms with E-state index in [-0.39, 0.29) is 17.5 Å². The number of carbonyl (C=O) groups excluding carboxylic acids is 1. The third-order valence-corrected chi connectivity index (χ3v) is 6.32. The van der Waals surface area contributed by atoms with Crippen LogP contribution in [-0.4, -0.2) is 35.5 Å². The third kappa shape index (κ3) is 4.19. The van der Waals surface area contributed by atoms with Crippen LogP contribution in [0.4, 0.5) is 0 Å². The number of benzene rings is 1. The van der Waals surface area contributed by atoms with E-state index in [4.69, 9.17) is 0 Å². The van der Waals surface area contributed by atoms with Gasteiger partial charge in [-0.1, -0.05) is 30.3 Å². The summed E-state index contributed by atoms with van der Waals surface area (Å²) in [6, 6.07) is 10.3. The molecule has 1 saturated carbocycles. The van der Waals surface area contributed by atoms with E-state index in [1.54, 1.807) is 17.9 Å². The highest BCUT2D eigenvalue weighted by molar-refractivity contribution is 5.76. The highest BCUT2D eigenvalue weighted by atomic mass is 16.2. The molecule has 0 saturated heterocycles. The summed E-state index contributed by atoms with van der Waals surface area (Å²) in [5, 5.41) is 0. The summed E-state index contributed by atoms with van der Waals surface area (Å²) in [5.74, 6) is 0.725. The maximum atomic E-state index is 13.1. The number of carbonyl (C=O) groups is 1. The minimum Gasteiger partial charge on any atom is -0.335 e. The van der Waals surface area contributed by atoms with Gasteiger partial charge in [-0.25, -0.2) is 9.78 Å². The van der Waals surface area contributed by atoms with Gasteiger partial charge in [-0.3, -0.25) is 18.7 Å². The number of imidazole rings is 1. The molecular weight excluding hydrogens is 394 g/mol. The zero-order valence-corrected chi connectivity index (χ0v) is 18.3. The van der Waals surface area contributed by atoms with Gasteiger partial charge in [0, 0.05) is 39.6 Å². The van der Waals surface area contributed by atoms with Crippen molar-refractivity contribution in [2.24, 2.45) is 20.0 Å². The predicted molar refractivity (Wildman–Crippen MR) is 119 cm³/mol. The van der Waals surface area contributed by atoms with Gasteiger partial charge >= 0.3 is 5.69 Å². The normalized spacial score (nSPS) is 14.7. The molecule has 0 radical (unpaired) electrons. The van der Waals surface area contributed by atoms with Gasteiger partial charge in [0.25, 0.3) is 5.56 Å². The Morgan fingerprint density at radius 3 is 2.55 bits per heavy atom. The lowest BCUT2D eigenvalue weighted by molar-refractivity contribution is -0.134. The van der Waals surface area contributed by atoms with Crippen molar-refractivity contribution in [2.45, 2.75) is 51.7 Å². The molecule has 164 valence electrons. The molecule has 1 aliphatic rings. The summed E-state index contributed by atoms with van der Waals surface area (Å²) in [5.41, 5.74) is 1.13. The van der Waals surface area contributed by atoms with Gasteiger partial charge in [0.2, 0.25) is 5.91 Å². The lowest BCUT2D eigenvalue weighted by Crippen LogP contribution is -2.39. The van der Waals surface area contributed by atoms with Gasteiger partial charge in [0.05, 0.1) is 6.33 Å². The van der Waals surface area contributed by atoms with E-state index in [1.807, 2.05) is 23.1 Å². The van der Waals surface area contributed by atoms with Crippen LogP contribution in [-0.2, 0) is 32.0 Å². The fourth-order valence-corrected chi connectivity index (χ4v) is 4.18. The first-order chi connectivity index (χ1) is 14.9. The topological polar surface area (TPSA) is 82.1 Å². The van der Waals surface area contributed by atoms with Crippen molar-refractivity contribution in [1.82, 2.24) is 23.6 Å². The van der Waals surface area contributed by atoms with E-state index < -0.39 is 5.69 Å². The second-order valence-electron chi connectivity index (χ2n) is 8.50. The standard InChI is InChI=1S/C23H29N5O3/c1-16(18-11-12-18)28(14-17-8-5-4-6-9-17)19(29)10-7-13-27-15-24-21-20(27)22(30)26(3)23(31)25(21)2/h4-6,8-9,15-16,18H,7,10-14H2,1-3H3. The number of amides is 1. The summed E-state index contributed by atoms with van der Waals surface area (Å²) in [4.78, 5) is 44.0. The molecule has 1 unspecified atom stereocenters. The van der Waals surface area contributed by atoms with Crippen LogP contribution >= 0.6 is 0 Å². The molecule has 0 aliphatic heterocycles. The predicted octanol–water partition coefficient (Wildman–Crippen LogP) is 2.04. The quantitative estimate of drug-likeness (QED) is 0.555. The molecule has 1 aliphatic carbocycles. The molecule has 0 bridgehead atoms. The SMILES string of the molecule is CC(C1CC1)N(Cc1ccccc1)C(=O)CCCn1cnc2c1c(=O)n(C)c(=O)n2C. The smallest absolute Gasteiger partial charge is 0.332 e. The fourth-order valence-electron chi connectivity index (χ4n) is 4.18. The summed E-state index contributed by atoms with van der Waals surface area (Å²) in [6.07, 6.45) is 4.94. The molecule has 1 atom stereocenters. The Hall–Kier alpha value is -3.16. The number of fused-ring (bicyclic) bond motifs is 1. The van der Waals surface area contributed by atoms with Crippen molar-refractivity contribution in [2.75, 3.05) is 0 Å². The average molecular weight is 424 g/mol. The maximum Gasteiger partial charge on any atom is 0.332 e. The number of aryl methyl sites for hydroxylation is 2. The minimum atomic E-state index is -0.399. The molecule has 8 heteroatoms.